The van der Waals surface area contributed by atoms with Crippen molar-refractivity contribution in [1.82, 2.24) is 9.88 Å². The Kier molecular flexibility index (Phi) is 3.07. The van der Waals surface area contributed by atoms with Crippen LogP contribution in [0.25, 0.3) is 10.6 Å². The Balaban J connectivity index is 2.11. The average molecular weight is 293 g/mol. The summed E-state index contributed by atoms with van der Waals surface area (Å²) in [5, 5.41) is 1.61. The second kappa shape index (κ2) is 4.62. The molecule has 1 aromatic heterocycles. The number of rotatable bonds is 1. The quantitative estimate of drug-likeness (QED) is 0.807. The number of fused-ring (bicyclic) bond motifs is 1. The highest BCUT2D eigenvalue weighted by Gasteiger charge is 2.26. The van der Waals surface area contributed by atoms with Gasteiger partial charge in [-0.1, -0.05) is 23.7 Å². The van der Waals surface area contributed by atoms with Crippen LogP contribution in [-0.2, 0) is 6.42 Å². The van der Waals surface area contributed by atoms with Gasteiger partial charge in [0.2, 0.25) is 0 Å². The molecule has 2 heterocycles. The van der Waals surface area contributed by atoms with E-state index in [1.807, 2.05) is 32.2 Å². The van der Waals surface area contributed by atoms with E-state index in [1.165, 1.54) is 11.3 Å². The molecule has 0 N–H and O–H groups in total. The van der Waals surface area contributed by atoms with Crippen molar-refractivity contribution < 1.29 is 4.79 Å². The second-order valence-corrected chi connectivity index (χ2v) is 6.09. The summed E-state index contributed by atoms with van der Waals surface area (Å²) in [6.45, 7) is 2.72. The van der Waals surface area contributed by atoms with Gasteiger partial charge in [0, 0.05) is 30.6 Å². The van der Waals surface area contributed by atoms with Gasteiger partial charge >= 0.3 is 0 Å². The fraction of sp³-hybridized carbons (Fsp3) is 0.286. The predicted octanol–water partition coefficient (Wildman–Crippen LogP) is 3.40. The van der Waals surface area contributed by atoms with Gasteiger partial charge < -0.3 is 4.90 Å². The maximum absolute atomic E-state index is 12.1. The number of amides is 1. The Bertz CT molecular complexity index is 665. The first-order valence-corrected chi connectivity index (χ1v) is 7.28. The lowest BCUT2D eigenvalue weighted by Gasteiger charge is -2.20. The summed E-state index contributed by atoms with van der Waals surface area (Å²) >= 11 is 7.61. The maximum Gasteiger partial charge on any atom is 0.265 e. The van der Waals surface area contributed by atoms with Crippen molar-refractivity contribution >= 4 is 28.8 Å². The van der Waals surface area contributed by atoms with Crippen molar-refractivity contribution in [3.05, 3.63) is 39.4 Å². The molecule has 0 aliphatic carbocycles. The molecule has 5 heteroatoms. The smallest absolute Gasteiger partial charge is 0.265 e. The Morgan fingerprint density at radius 1 is 1.42 bits per heavy atom. The summed E-state index contributed by atoms with van der Waals surface area (Å²) in [7, 11) is 1.83. The standard InChI is InChI=1S/C14H13ClN2OS/c1-8-9(4-3-5-10(8)15)13-16-11-6-7-17(2)14(18)12(11)19-13/h3-5H,6-7H2,1-2H3. The first kappa shape index (κ1) is 12.6. The molecule has 0 unspecified atom stereocenters. The van der Waals surface area contributed by atoms with E-state index in [0.717, 1.165) is 44.7 Å². The van der Waals surface area contributed by atoms with E-state index in [2.05, 4.69) is 4.98 Å². The van der Waals surface area contributed by atoms with E-state index in [4.69, 9.17) is 11.6 Å². The third-order valence-corrected chi connectivity index (χ3v) is 4.95. The van der Waals surface area contributed by atoms with Crippen LogP contribution in [0.15, 0.2) is 18.2 Å². The molecule has 19 heavy (non-hydrogen) atoms. The summed E-state index contributed by atoms with van der Waals surface area (Å²) < 4.78 is 0. The third kappa shape index (κ3) is 2.05. The number of likely N-dealkylation sites (N-methyl/N-ethyl adjacent to an activating group) is 1. The molecular weight excluding hydrogens is 280 g/mol. The Labute approximate surface area is 120 Å². The van der Waals surface area contributed by atoms with Gasteiger partial charge in [0.05, 0.1) is 5.69 Å². The molecule has 98 valence electrons. The van der Waals surface area contributed by atoms with Crippen molar-refractivity contribution in [1.29, 1.82) is 0 Å². The van der Waals surface area contributed by atoms with Crippen molar-refractivity contribution in [2.75, 3.05) is 13.6 Å². The van der Waals surface area contributed by atoms with Gasteiger partial charge in [0.1, 0.15) is 9.88 Å². The normalized spacial score (nSPS) is 14.7. The largest absolute Gasteiger partial charge is 0.341 e. The fourth-order valence-electron chi connectivity index (χ4n) is 2.19. The van der Waals surface area contributed by atoms with Gasteiger partial charge in [-0.2, -0.15) is 0 Å². The van der Waals surface area contributed by atoms with Crippen LogP contribution in [0, 0.1) is 6.92 Å². The molecule has 0 saturated carbocycles. The number of aromatic nitrogens is 1. The average Bonchev–Trinajstić information content (AvgIpc) is 2.82. The summed E-state index contributed by atoms with van der Waals surface area (Å²) in [4.78, 5) is 19.2. The summed E-state index contributed by atoms with van der Waals surface area (Å²) in [5.74, 6) is 0.0738. The molecule has 0 fully saturated rings. The number of hydrogen-bond acceptors (Lipinski definition) is 3. The zero-order valence-electron chi connectivity index (χ0n) is 10.7. The molecule has 3 nitrogen and oxygen atoms in total. The van der Waals surface area contributed by atoms with Crippen molar-refractivity contribution in [2.24, 2.45) is 0 Å². The zero-order chi connectivity index (χ0) is 13.6. The van der Waals surface area contributed by atoms with E-state index in [-0.39, 0.29) is 5.91 Å². The molecule has 1 aliphatic heterocycles. The van der Waals surface area contributed by atoms with Gasteiger partial charge in [0.15, 0.2) is 0 Å². The van der Waals surface area contributed by atoms with Gasteiger partial charge in [-0.3, -0.25) is 4.79 Å². The van der Waals surface area contributed by atoms with E-state index in [1.54, 1.807) is 4.90 Å². The number of carbonyl (C=O) groups is 1. The van der Waals surface area contributed by atoms with Gasteiger partial charge in [-0.25, -0.2) is 4.98 Å². The molecule has 0 saturated heterocycles. The van der Waals surface area contributed by atoms with Crippen LogP contribution in [0.1, 0.15) is 20.9 Å². The van der Waals surface area contributed by atoms with Crippen LogP contribution in [-0.4, -0.2) is 29.4 Å². The van der Waals surface area contributed by atoms with Crippen LogP contribution in [0.4, 0.5) is 0 Å². The predicted molar refractivity (Wildman–Crippen MR) is 78.0 cm³/mol. The molecule has 1 amide bonds. The number of halogens is 1. The van der Waals surface area contributed by atoms with Gasteiger partial charge in [-0.15, -0.1) is 11.3 Å². The lowest BCUT2D eigenvalue weighted by atomic mass is 10.1. The molecular formula is C14H13ClN2OS. The van der Waals surface area contributed by atoms with E-state index >= 15 is 0 Å². The highest BCUT2D eigenvalue weighted by molar-refractivity contribution is 7.17. The minimum Gasteiger partial charge on any atom is -0.341 e. The lowest BCUT2D eigenvalue weighted by Crippen LogP contribution is -2.33. The minimum atomic E-state index is 0.0738. The molecule has 1 aromatic carbocycles. The van der Waals surface area contributed by atoms with Crippen molar-refractivity contribution in [3.8, 4) is 10.6 Å². The number of carbonyl (C=O) groups excluding carboxylic acids is 1. The molecule has 0 radical (unpaired) electrons. The van der Waals surface area contributed by atoms with Crippen molar-refractivity contribution in [2.45, 2.75) is 13.3 Å². The SMILES string of the molecule is Cc1c(Cl)cccc1-c1nc2c(s1)C(=O)N(C)CC2. The van der Waals surface area contributed by atoms with Crippen LogP contribution in [0.3, 0.4) is 0 Å². The third-order valence-electron chi connectivity index (χ3n) is 3.42. The first-order valence-electron chi connectivity index (χ1n) is 6.08. The molecule has 1 aliphatic rings. The summed E-state index contributed by atoms with van der Waals surface area (Å²) in [6, 6.07) is 5.78. The zero-order valence-corrected chi connectivity index (χ0v) is 12.3. The van der Waals surface area contributed by atoms with Crippen LogP contribution in [0.2, 0.25) is 5.02 Å². The molecule has 2 aromatic rings. The maximum atomic E-state index is 12.1. The number of nitrogens with zero attached hydrogens (tertiary/aromatic N) is 2. The topological polar surface area (TPSA) is 33.2 Å². The number of hydrogen-bond donors (Lipinski definition) is 0. The molecule has 0 spiro atoms. The van der Waals surface area contributed by atoms with Gasteiger partial charge in [0.25, 0.3) is 5.91 Å². The van der Waals surface area contributed by atoms with Crippen LogP contribution < -0.4 is 0 Å². The Hall–Kier alpha value is -1.39. The van der Waals surface area contributed by atoms with E-state index in [0.29, 0.717) is 0 Å². The van der Waals surface area contributed by atoms with E-state index in [9.17, 15) is 4.79 Å². The van der Waals surface area contributed by atoms with Gasteiger partial charge in [-0.05, 0) is 18.6 Å². The first-order chi connectivity index (χ1) is 9.08. The lowest BCUT2D eigenvalue weighted by molar-refractivity contribution is 0.0785. The highest BCUT2D eigenvalue weighted by Crippen LogP contribution is 2.34. The number of benzene rings is 1. The number of thiazole rings is 1. The molecule has 3 rings (SSSR count). The Morgan fingerprint density at radius 2 is 2.21 bits per heavy atom. The second-order valence-electron chi connectivity index (χ2n) is 4.68. The summed E-state index contributed by atoms with van der Waals surface area (Å²) in [5.41, 5.74) is 2.95. The highest BCUT2D eigenvalue weighted by atomic mass is 35.5. The van der Waals surface area contributed by atoms with E-state index < -0.39 is 0 Å². The molecule has 0 bridgehead atoms. The van der Waals surface area contributed by atoms with Crippen LogP contribution in [0.5, 0.6) is 0 Å². The molecule has 0 atom stereocenters. The Morgan fingerprint density at radius 3 is 3.00 bits per heavy atom. The minimum absolute atomic E-state index is 0.0738. The summed E-state index contributed by atoms with van der Waals surface area (Å²) in [6.07, 6.45) is 0.827. The monoisotopic (exact) mass is 292 g/mol. The van der Waals surface area contributed by atoms with Crippen molar-refractivity contribution in [3.63, 3.8) is 0 Å². The fourth-order valence-corrected chi connectivity index (χ4v) is 3.55. The van der Waals surface area contributed by atoms with Crippen LogP contribution >= 0.6 is 22.9 Å².